The Hall–Kier alpha value is -3.27. The smallest absolute Gasteiger partial charge is 0.416 e. The predicted molar refractivity (Wildman–Crippen MR) is 107 cm³/mol. The summed E-state index contributed by atoms with van der Waals surface area (Å²) in [7, 11) is -4.04. The third kappa shape index (κ3) is 5.86. The lowest BCUT2D eigenvalue weighted by Gasteiger charge is -2.12. The molecule has 0 atom stereocenters. The van der Waals surface area contributed by atoms with Crippen LogP contribution < -0.4 is 14.8 Å². The van der Waals surface area contributed by atoms with Crippen LogP contribution in [0, 0.1) is 0 Å². The van der Waals surface area contributed by atoms with Gasteiger partial charge in [0, 0.05) is 30.7 Å². The molecule has 1 heterocycles. The molecule has 158 valence electrons. The van der Waals surface area contributed by atoms with Gasteiger partial charge in [-0.05, 0) is 48.5 Å². The van der Waals surface area contributed by atoms with Crippen molar-refractivity contribution in [2.75, 3.05) is 23.2 Å². The van der Waals surface area contributed by atoms with Crippen LogP contribution >= 0.6 is 0 Å². The van der Waals surface area contributed by atoms with E-state index in [-0.39, 0.29) is 10.6 Å². The van der Waals surface area contributed by atoms with Crippen molar-refractivity contribution in [2.24, 2.45) is 0 Å². The summed E-state index contributed by atoms with van der Waals surface area (Å²) >= 11 is 0. The van der Waals surface area contributed by atoms with Crippen LogP contribution in [0.2, 0.25) is 0 Å². The van der Waals surface area contributed by atoms with Crippen LogP contribution in [-0.4, -0.2) is 26.6 Å². The van der Waals surface area contributed by atoms with E-state index in [2.05, 4.69) is 15.0 Å². The summed E-state index contributed by atoms with van der Waals surface area (Å²) in [4.78, 5) is 3.65. The molecule has 10 heteroatoms. The molecule has 1 aromatic heterocycles. The average molecular weight is 437 g/mol. The summed E-state index contributed by atoms with van der Waals surface area (Å²) in [5, 5.41) is 3.15. The van der Waals surface area contributed by atoms with E-state index in [1.165, 1.54) is 12.1 Å². The molecule has 0 saturated heterocycles. The fraction of sp³-hybridized carbons (Fsp3) is 0.150. The average Bonchev–Trinajstić information content (AvgIpc) is 2.71. The summed E-state index contributed by atoms with van der Waals surface area (Å²) in [6.45, 7) is 0.850. The number of rotatable bonds is 8. The quantitative estimate of drug-likeness (QED) is 0.511. The molecule has 0 aliphatic heterocycles. The van der Waals surface area contributed by atoms with Crippen molar-refractivity contribution in [2.45, 2.75) is 11.1 Å². The number of nitrogens with one attached hydrogen (secondary N) is 2. The number of hydrogen-bond acceptors (Lipinski definition) is 5. The molecule has 0 unspecified atom stereocenters. The molecule has 2 aromatic carbocycles. The minimum absolute atomic E-state index is 0.231. The number of sulfonamides is 1. The molecular formula is C20H18F3N3O3S. The van der Waals surface area contributed by atoms with Gasteiger partial charge in [-0.1, -0.05) is 6.07 Å². The van der Waals surface area contributed by atoms with Crippen molar-refractivity contribution in [3.05, 3.63) is 78.6 Å². The van der Waals surface area contributed by atoms with Gasteiger partial charge in [0.2, 0.25) is 0 Å². The molecule has 2 N–H and O–H groups in total. The number of alkyl halides is 3. The first kappa shape index (κ1) is 21.4. The zero-order valence-corrected chi connectivity index (χ0v) is 16.4. The van der Waals surface area contributed by atoms with Gasteiger partial charge < -0.3 is 10.1 Å². The van der Waals surface area contributed by atoms with Crippen LogP contribution in [0.5, 0.6) is 5.75 Å². The van der Waals surface area contributed by atoms with Gasteiger partial charge >= 0.3 is 6.18 Å². The number of ether oxygens (including phenoxy) is 1. The van der Waals surface area contributed by atoms with E-state index in [1.54, 1.807) is 24.5 Å². The van der Waals surface area contributed by atoms with Crippen LogP contribution in [0.25, 0.3) is 0 Å². The Morgan fingerprint density at radius 1 is 0.933 bits per heavy atom. The molecule has 0 bridgehead atoms. The maximum absolute atomic E-state index is 12.6. The predicted octanol–water partition coefficient (Wildman–Crippen LogP) is 4.39. The van der Waals surface area contributed by atoms with E-state index < -0.39 is 21.8 Å². The van der Waals surface area contributed by atoms with Gasteiger partial charge in [0.05, 0.1) is 16.1 Å². The molecule has 0 aliphatic rings. The molecule has 0 amide bonds. The summed E-state index contributed by atoms with van der Waals surface area (Å²) in [5.41, 5.74) is 0.207. The highest BCUT2D eigenvalue weighted by atomic mass is 32.2. The third-order valence-electron chi connectivity index (χ3n) is 3.96. The third-order valence-corrected chi connectivity index (χ3v) is 5.36. The summed E-state index contributed by atoms with van der Waals surface area (Å²) < 4.78 is 70.8. The van der Waals surface area contributed by atoms with Crippen LogP contribution in [0.3, 0.4) is 0 Å². The van der Waals surface area contributed by atoms with E-state index in [0.717, 1.165) is 30.0 Å². The molecule has 3 aromatic rings. The first-order valence-electron chi connectivity index (χ1n) is 8.81. The second-order valence-corrected chi connectivity index (χ2v) is 7.85. The van der Waals surface area contributed by atoms with Crippen molar-refractivity contribution in [1.82, 2.24) is 4.98 Å². The van der Waals surface area contributed by atoms with Gasteiger partial charge in [0.25, 0.3) is 10.0 Å². The number of nitrogens with zero attached hydrogens (tertiary/aromatic N) is 1. The number of anilines is 2. The van der Waals surface area contributed by atoms with Crippen LogP contribution in [0.15, 0.2) is 78.0 Å². The summed E-state index contributed by atoms with van der Waals surface area (Å²) in [6, 6.07) is 13.2. The number of hydrogen-bond donors (Lipinski definition) is 2. The highest BCUT2D eigenvalue weighted by molar-refractivity contribution is 7.92. The molecule has 0 fully saturated rings. The molecule has 0 spiro atoms. The number of halogens is 3. The van der Waals surface area contributed by atoms with Crippen molar-refractivity contribution >= 4 is 21.4 Å². The van der Waals surface area contributed by atoms with E-state index >= 15 is 0 Å². The van der Waals surface area contributed by atoms with Crippen molar-refractivity contribution in [3.63, 3.8) is 0 Å². The molecule has 30 heavy (non-hydrogen) atoms. The normalized spacial score (nSPS) is 11.7. The highest BCUT2D eigenvalue weighted by Gasteiger charge is 2.30. The molecular weight excluding hydrogens is 419 g/mol. The van der Waals surface area contributed by atoms with E-state index in [1.807, 2.05) is 12.1 Å². The summed E-state index contributed by atoms with van der Waals surface area (Å²) in [5.74, 6) is 0.444. The Labute approximate surface area is 171 Å². The highest BCUT2D eigenvalue weighted by Crippen LogP contribution is 2.30. The van der Waals surface area contributed by atoms with E-state index in [9.17, 15) is 21.6 Å². The Morgan fingerprint density at radius 3 is 2.30 bits per heavy atom. The Bertz CT molecular complexity index is 1070. The molecule has 0 saturated carbocycles. The van der Waals surface area contributed by atoms with Crippen molar-refractivity contribution in [3.8, 4) is 5.75 Å². The largest absolute Gasteiger partial charge is 0.492 e. The lowest BCUT2D eigenvalue weighted by atomic mass is 10.2. The van der Waals surface area contributed by atoms with E-state index in [0.29, 0.717) is 18.9 Å². The lowest BCUT2D eigenvalue weighted by Crippen LogP contribution is -2.14. The number of benzene rings is 2. The van der Waals surface area contributed by atoms with Gasteiger partial charge in [-0.2, -0.15) is 13.2 Å². The first-order valence-corrected chi connectivity index (χ1v) is 10.3. The first-order chi connectivity index (χ1) is 14.2. The fourth-order valence-corrected chi connectivity index (χ4v) is 3.57. The maximum atomic E-state index is 12.6. The van der Waals surface area contributed by atoms with Crippen molar-refractivity contribution in [1.29, 1.82) is 0 Å². The standard InChI is InChI=1S/C20H18F3N3O3S/c21-20(22,23)15-4-6-19(7-5-15)30(27,28)26-17-2-1-3-18(14-17)29-13-12-25-16-8-10-24-11-9-16/h1-11,14,26H,12-13H2,(H,24,25). The van der Waals surface area contributed by atoms with Gasteiger partial charge in [-0.3, -0.25) is 9.71 Å². The van der Waals surface area contributed by atoms with Crippen LogP contribution in [-0.2, 0) is 16.2 Å². The number of aromatic nitrogens is 1. The Balaban J connectivity index is 1.59. The van der Waals surface area contributed by atoms with Crippen LogP contribution in [0.4, 0.5) is 24.5 Å². The van der Waals surface area contributed by atoms with Crippen LogP contribution in [0.1, 0.15) is 5.56 Å². The minimum atomic E-state index is -4.53. The molecule has 0 radical (unpaired) electrons. The maximum Gasteiger partial charge on any atom is 0.416 e. The second kappa shape index (κ2) is 9.04. The molecule has 0 aliphatic carbocycles. The SMILES string of the molecule is O=S(=O)(Nc1cccc(OCCNc2ccncc2)c1)c1ccc(C(F)(F)F)cc1. The monoisotopic (exact) mass is 437 g/mol. The Kier molecular flexibility index (Phi) is 6.46. The zero-order chi connectivity index (χ0) is 21.6. The van der Waals surface area contributed by atoms with Crippen molar-refractivity contribution < 1.29 is 26.3 Å². The lowest BCUT2D eigenvalue weighted by molar-refractivity contribution is -0.137. The molecule has 6 nitrogen and oxygen atoms in total. The fourth-order valence-electron chi connectivity index (χ4n) is 2.52. The second-order valence-electron chi connectivity index (χ2n) is 6.17. The number of pyridine rings is 1. The minimum Gasteiger partial charge on any atom is -0.492 e. The Morgan fingerprint density at radius 2 is 1.63 bits per heavy atom. The topological polar surface area (TPSA) is 80.3 Å². The van der Waals surface area contributed by atoms with Gasteiger partial charge in [-0.25, -0.2) is 8.42 Å². The van der Waals surface area contributed by atoms with Gasteiger partial charge in [0.1, 0.15) is 12.4 Å². The van der Waals surface area contributed by atoms with Gasteiger partial charge in [-0.15, -0.1) is 0 Å². The summed E-state index contributed by atoms with van der Waals surface area (Å²) in [6.07, 6.45) is -1.21. The van der Waals surface area contributed by atoms with Gasteiger partial charge in [0.15, 0.2) is 0 Å². The van der Waals surface area contributed by atoms with E-state index in [4.69, 9.17) is 4.74 Å². The zero-order valence-electron chi connectivity index (χ0n) is 15.6. The molecule has 3 rings (SSSR count).